The molecular formula is C10H14N2O2. The van der Waals surface area contributed by atoms with Crippen molar-refractivity contribution in [3.8, 4) is 0 Å². The van der Waals surface area contributed by atoms with Gasteiger partial charge in [-0.25, -0.2) is 10.0 Å². The Morgan fingerprint density at radius 3 is 2.86 bits per heavy atom. The van der Waals surface area contributed by atoms with Crippen LogP contribution in [0.5, 0.6) is 0 Å². The zero-order valence-corrected chi connectivity index (χ0v) is 8.65. The molecule has 0 aromatic carbocycles. The first-order valence-electron chi connectivity index (χ1n) is 4.47. The summed E-state index contributed by atoms with van der Waals surface area (Å²) in [6.45, 7) is 2.00. The Morgan fingerprint density at radius 1 is 1.57 bits per heavy atom. The predicted octanol–water partition coefficient (Wildman–Crippen LogP) is 1.28. The van der Waals surface area contributed by atoms with Crippen molar-refractivity contribution in [2.45, 2.75) is 13.3 Å². The molecule has 0 radical (unpaired) electrons. The highest BCUT2D eigenvalue weighted by molar-refractivity contribution is 5.91. The van der Waals surface area contributed by atoms with Gasteiger partial charge in [-0.2, -0.15) is 0 Å². The minimum absolute atomic E-state index is 0.234. The van der Waals surface area contributed by atoms with E-state index >= 15 is 0 Å². The third-order valence-corrected chi connectivity index (χ3v) is 1.95. The number of aryl methyl sites for hydroxylation is 1. The molecule has 0 aliphatic rings. The SMILES string of the molecule is CCc1cccc(C(=O)N(C)OC)n1. The largest absolute Gasteiger partial charge is 0.295 e. The van der Waals surface area contributed by atoms with Crippen molar-refractivity contribution in [2.75, 3.05) is 14.2 Å². The molecule has 0 fully saturated rings. The van der Waals surface area contributed by atoms with E-state index in [1.807, 2.05) is 19.1 Å². The molecule has 0 spiro atoms. The van der Waals surface area contributed by atoms with E-state index in [0.29, 0.717) is 5.69 Å². The van der Waals surface area contributed by atoms with Crippen LogP contribution in [-0.2, 0) is 11.3 Å². The van der Waals surface area contributed by atoms with Crippen LogP contribution in [0.15, 0.2) is 18.2 Å². The molecule has 1 aromatic rings. The van der Waals surface area contributed by atoms with E-state index in [4.69, 9.17) is 4.84 Å². The lowest BCUT2D eigenvalue weighted by atomic mass is 10.2. The molecule has 1 rings (SSSR count). The van der Waals surface area contributed by atoms with Crippen molar-refractivity contribution in [2.24, 2.45) is 0 Å². The average Bonchev–Trinajstić information content (AvgIpc) is 2.27. The molecule has 14 heavy (non-hydrogen) atoms. The number of hydroxylamine groups is 2. The van der Waals surface area contributed by atoms with Crippen LogP contribution in [0.2, 0.25) is 0 Å². The van der Waals surface area contributed by atoms with E-state index in [1.54, 1.807) is 13.1 Å². The zero-order chi connectivity index (χ0) is 10.6. The maximum atomic E-state index is 11.6. The van der Waals surface area contributed by atoms with E-state index in [1.165, 1.54) is 7.11 Å². The van der Waals surface area contributed by atoms with Gasteiger partial charge in [0.15, 0.2) is 0 Å². The number of hydrogen-bond acceptors (Lipinski definition) is 3. The number of carbonyl (C=O) groups is 1. The average molecular weight is 194 g/mol. The quantitative estimate of drug-likeness (QED) is 0.681. The zero-order valence-electron chi connectivity index (χ0n) is 8.65. The fourth-order valence-electron chi connectivity index (χ4n) is 1.04. The number of hydrogen-bond donors (Lipinski definition) is 0. The summed E-state index contributed by atoms with van der Waals surface area (Å²) in [5.74, 6) is -0.234. The molecule has 1 aromatic heterocycles. The molecule has 0 saturated carbocycles. The molecule has 4 heteroatoms. The Balaban J connectivity index is 2.90. The van der Waals surface area contributed by atoms with Crippen molar-refractivity contribution in [3.05, 3.63) is 29.6 Å². The summed E-state index contributed by atoms with van der Waals surface area (Å²) in [6, 6.07) is 5.39. The van der Waals surface area contributed by atoms with E-state index in [9.17, 15) is 4.79 Å². The molecule has 0 aliphatic heterocycles. The highest BCUT2D eigenvalue weighted by Crippen LogP contribution is 2.03. The van der Waals surface area contributed by atoms with E-state index in [-0.39, 0.29) is 5.91 Å². The number of rotatable bonds is 3. The highest BCUT2D eigenvalue weighted by atomic mass is 16.7. The summed E-state index contributed by atoms with van der Waals surface area (Å²) in [5.41, 5.74) is 1.31. The van der Waals surface area contributed by atoms with Crippen LogP contribution in [0, 0.1) is 0 Å². The van der Waals surface area contributed by atoms with Crippen LogP contribution in [0.1, 0.15) is 23.1 Å². The number of aromatic nitrogens is 1. The van der Waals surface area contributed by atoms with Crippen LogP contribution in [0.3, 0.4) is 0 Å². The standard InChI is InChI=1S/C10H14N2O2/c1-4-8-6-5-7-9(11-8)10(13)12(2)14-3/h5-7H,4H2,1-3H3. The third kappa shape index (κ3) is 2.29. The van der Waals surface area contributed by atoms with Gasteiger partial charge in [0.25, 0.3) is 5.91 Å². The van der Waals surface area contributed by atoms with Crippen LogP contribution in [0.25, 0.3) is 0 Å². The maximum Gasteiger partial charge on any atom is 0.295 e. The van der Waals surface area contributed by atoms with Crippen LogP contribution in [0.4, 0.5) is 0 Å². The lowest BCUT2D eigenvalue weighted by Crippen LogP contribution is -2.26. The second kappa shape index (κ2) is 4.72. The molecule has 76 valence electrons. The first-order chi connectivity index (χ1) is 6.69. The van der Waals surface area contributed by atoms with Crippen molar-refractivity contribution >= 4 is 5.91 Å². The predicted molar refractivity (Wildman–Crippen MR) is 52.7 cm³/mol. The summed E-state index contributed by atoms with van der Waals surface area (Å²) in [5, 5.41) is 1.15. The molecule has 0 saturated heterocycles. The van der Waals surface area contributed by atoms with E-state index < -0.39 is 0 Å². The number of carbonyl (C=O) groups excluding carboxylic acids is 1. The Morgan fingerprint density at radius 2 is 2.29 bits per heavy atom. The van der Waals surface area contributed by atoms with Gasteiger partial charge in [-0.1, -0.05) is 13.0 Å². The first kappa shape index (κ1) is 10.7. The van der Waals surface area contributed by atoms with E-state index in [2.05, 4.69) is 4.98 Å². The van der Waals surface area contributed by atoms with Crippen molar-refractivity contribution in [1.82, 2.24) is 10.0 Å². The second-order valence-electron chi connectivity index (χ2n) is 2.85. The minimum atomic E-state index is -0.234. The van der Waals surface area contributed by atoms with Crippen LogP contribution in [-0.4, -0.2) is 30.1 Å². The fourth-order valence-corrected chi connectivity index (χ4v) is 1.04. The molecule has 1 amide bonds. The Kier molecular flexibility index (Phi) is 3.59. The van der Waals surface area contributed by atoms with Crippen molar-refractivity contribution in [3.63, 3.8) is 0 Å². The summed E-state index contributed by atoms with van der Waals surface area (Å²) in [7, 11) is 3.00. The molecule has 0 unspecified atom stereocenters. The summed E-state index contributed by atoms with van der Waals surface area (Å²) in [4.78, 5) is 20.6. The Labute approximate surface area is 83.5 Å². The maximum absolute atomic E-state index is 11.6. The van der Waals surface area contributed by atoms with Crippen molar-refractivity contribution in [1.29, 1.82) is 0 Å². The molecule has 0 atom stereocenters. The molecular weight excluding hydrogens is 180 g/mol. The lowest BCUT2D eigenvalue weighted by Gasteiger charge is -2.12. The molecule has 4 nitrogen and oxygen atoms in total. The number of amides is 1. The molecule has 1 heterocycles. The number of pyridine rings is 1. The lowest BCUT2D eigenvalue weighted by molar-refractivity contribution is -0.0760. The molecule has 0 aliphatic carbocycles. The normalized spacial score (nSPS) is 9.93. The van der Waals surface area contributed by atoms with Crippen molar-refractivity contribution < 1.29 is 9.63 Å². The molecule has 0 N–H and O–H groups in total. The van der Waals surface area contributed by atoms with Gasteiger partial charge in [-0.3, -0.25) is 9.63 Å². The Bertz CT molecular complexity index is 326. The fraction of sp³-hybridized carbons (Fsp3) is 0.400. The van der Waals surface area contributed by atoms with Crippen LogP contribution < -0.4 is 0 Å². The van der Waals surface area contributed by atoms with Gasteiger partial charge in [0.2, 0.25) is 0 Å². The topological polar surface area (TPSA) is 42.4 Å². The van der Waals surface area contributed by atoms with Gasteiger partial charge in [0, 0.05) is 12.7 Å². The van der Waals surface area contributed by atoms with Gasteiger partial charge in [-0.15, -0.1) is 0 Å². The monoisotopic (exact) mass is 194 g/mol. The summed E-state index contributed by atoms with van der Waals surface area (Å²) in [6.07, 6.45) is 0.817. The summed E-state index contributed by atoms with van der Waals surface area (Å²) < 4.78 is 0. The van der Waals surface area contributed by atoms with Gasteiger partial charge < -0.3 is 0 Å². The van der Waals surface area contributed by atoms with Gasteiger partial charge in [0.1, 0.15) is 5.69 Å². The summed E-state index contributed by atoms with van der Waals surface area (Å²) >= 11 is 0. The van der Waals surface area contributed by atoms with Gasteiger partial charge in [0.05, 0.1) is 7.11 Å². The second-order valence-corrected chi connectivity index (χ2v) is 2.85. The first-order valence-corrected chi connectivity index (χ1v) is 4.47. The highest BCUT2D eigenvalue weighted by Gasteiger charge is 2.12. The van der Waals surface area contributed by atoms with Gasteiger partial charge >= 0.3 is 0 Å². The minimum Gasteiger partial charge on any atom is -0.274 e. The van der Waals surface area contributed by atoms with Gasteiger partial charge in [-0.05, 0) is 18.6 Å². The third-order valence-electron chi connectivity index (χ3n) is 1.95. The smallest absolute Gasteiger partial charge is 0.274 e. The molecule has 0 bridgehead atoms. The van der Waals surface area contributed by atoms with E-state index in [0.717, 1.165) is 17.2 Å². The Hall–Kier alpha value is -1.42. The van der Waals surface area contributed by atoms with Crippen LogP contribution >= 0.6 is 0 Å². The number of nitrogens with zero attached hydrogens (tertiary/aromatic N) is 2.